The Balaban J connectivity index is 1.24. The summed E-state index contributed by atoms with van der Waals surface area (Å²) in [5.41, 5.74) is 3.42. The van der Waals surface area contributed by atoms with Crippen LogP contribution in [0.3, 0.4) is 0 Å². The Bertz CT molecular complexity index is 1350. The fourth-order valence-corrected chi connectivity index (χ4v) is 5.36. The fourth-order valence-electron chi connectivity index (χ4n) is 5.36. The van der Waals surface area contributed by atoms with E-state index in [0.717, 1.165) is 18.7 Å². The molecule has 4 aromatic rings. The number of hydrogen-bond donors (Lipinski definition) is 0. The lowest BCUT2D eigenvalue weighted by molar-refractivity contribution is -0.133. The summed E-state index contributed by atoms with van der Waals surface area (Å²) >= 11 is 0. The van der Waals surface area contributed by atoms with E-state index in [1.807, 2.05) is 47.4 Å². The van der Waals surface area contributed by atoms with Gasteiger partial charge in [-0.25, -0.2) is 4.39 Å². The van der Waals surface area contributed by atoms with Crippen molar-refractivity contribution in [3.05, 3.63) is 143 Å². The first-order valence-electron chi connectivity index (χ1n) is 13.8. The Labute approximate surface area is 235 Å². The van der Waals surface area contributed by atoms with Crippen LogP contribution in [0.5, 0.6) is 0 Å². The quantitative estimate of drug-likeness (QED) is 0.272. The lowest BCUT2D eigenvalue weighted by Gasteiger charge is -2.40. The summed E-state index contributed by atoms with van der Waals surface area (Å²) < 4.78 is 14.4. The van der Waals surface area contributed by atoms with Crippen LogP contribution >= 0.6 is 0 Å². The zero-order valence-electron chi connectivity index (χ0n) is 22.5. The standard InChI is InChI=1S/C34H34FN3O2/c35-31-19-11-10-18-30(31)34(40)38(26-27-12-4-1-5-13-27)21-20-32(39)36-22-24-37(25-23-36)33(28-14-6-2-7-15-28)29-16-8-3-9-17-29/h1-19,33H,20-26H2. The Morgan fingerprint density at radius 1 is 0.700 bits per heavy atom. The highest BCUT2D eigenvalue weighted by atomic mass is 19.1. The van der Waals surface area contributed by atoms with Gasteiger partial charge in [-0.2, -0.15) is 0 Å². The van der Waals surface area contributed by atoms with E-state index < -0.39 is 11.7 Å². The van der Waals surface area contributed by atoms with Gasteiger partial charge in [-0.1, -0.05) is 103 Å². The molecule has 0 N–H and O–H groups in total. The first-order valence-corrected chi connectivity index (χ1v) is 13.8. The number of nitrogens with zero attached hydrogens (tertiary/aromatic N) is 3. The molecule has 0 aromatic heterocycles. The molecule has 40 heavy (non-hydrogen) atoms. The maximum absolute atomic E-state index is 14.4. The van der Waals surface area contributed by atoms with Crippen LogP contribution in [0.15, 0.2) is 115 Å². The molecule has 0 aliphatic carbocycles. The van der Waals surface area contributed by atoms with Gasteiger partial charge in [0.15, 0.2) is 0 Å². The van der Waals surface area contributed by atoms with Crippen LogP contribution in [0.25, 0.3) is 0 Å². The molecule has 204 valence electrons. The third-order valence-corrected chi connectivity index (χ3v) is 7.47. The third kappa shape index (κ3) is 6.64. The molecule has 1 saturated heterocycles. The molecule has 2 amide bonds. The number of halogens is 1. The van der Waals surface area contributed by atoms with E-state index in [-0.39, 0.29) is 30.5 Å². The Morgan fingerprint density at radius 3 is 1.80 bits per heavy atom. The van der Waals surface area contributed by atoms with Crippen molar-refractivity contribution in [3.8, 4) is 0 Å². The minimum Gasteiger partial charge on any atom is -0.340 e. The number of carbonyl (C=O) groups excluding carboxylic acids is 2. The summed E-state index contributed by atoms with van der Waals surface area (Å²) in [5.74, 6) is -0.956. The van der Waals surface area contributed by atoms with E-state index in [1.165, 1.54) is 23.3 Å². The minimum absolute atomic E-state index is 0.00928. The molecule has 5 rings (SSSR count). The maximum Gasteiger partial charge on any atom is 0.257 e. The van der Waals surface area contributed by atoms with Gasteiger partial charge in [0, 0.05) is 45.7 Å². The van der Waals surface area contributed by atoms with Crippen molar-refractivity contribution in [2.45, 2.75) is 19.0 Å². The van der Waals surface area contributed by atoms with Gasteiger partial charge in [-0.3, -0.25) is 14.5 Å². The van der Waals surface area contributed by atoms with Crippen LogP contribution in [0, 0.1) is 5.82 Å². The van der Waals surface area contributed by atoms with Crippen molar-refractivity contribution in [1.82, 2.24) is 14.7 Å². The average Bonchev–Trinajstić information content (AvgIpc) is 3.01. The number of piperazine rings is 1. The first kappa shape index (κ1) is 27.3. The van der Waals surface area contributed by atoms with Crippen LogP contribution in [0.4, 0.5) is 4.39 Å². The summed E-state index contributed by atoms with van der Waals surface area (Å²) in [6.45, 7) is 3.27. The Morgan fingerprint density at radius 2 is 1.23 bits per heavy atom. The van der Waals surface area contributed by atoms with Crippen molar-refractivity contribution in [3.63, 3.8) is 0 Å². The first-order chi connectivity index (χ1) is 19.6. The summed E-state index contributed by atoms with van der Waals surface area (Å²) in [4.78, 5) is 32.5. The number of hydrogen-bond acceptors (Lipinski definition) is 3. The predicted octanol–water partition coefficient (Wildman–Crippen LogP) is 5.79. The van der Waals surface area contributed by atoms with Crippen molar-refractivity contribution in [2.24, 2.45) is 0 Å². The monoisotopic (exact) mass is 535 g/mol. The van der Waals surface area contributed by atoms with E-state index >= 15 is 0 Å². The average molecular weight is 536 g/mol. The molecule has 6 heteroatoms. The molecule has 0 atom stereocenters. The lowest BCUT2D eigenvalue weighted by atomic mass is 9.96. The molecule has 0 unspecified atom stereocenters. The highest BCUT2D eigenvalue weighted by molar-refractivity contribution is 5.94. The molecule has 1 fully saturated rings. The highest BCUT2D eigenvalue weighted by Gasteiger charge is 2.29. The van der Waals surface area contributed by atoms with Gasteiger partial charge in [0.2, 0.25) is 5.91 Å². The van der Waals surface area contributed by atoms with Gasteiger partial charge in [0.05, 0.1) is 11.6 Å². The molecule has 1 aliphatic heterocycles. The van der Waals surface area contributed by atoms with Gasteiger partial charge in [0.25, 0.3) is 5.91 Å². The summed E-state index contributed by atoms with van der Waals surface area (Å²) in [5, 5.41) is 0. The van der Waals surface area contributed by atoms with Crippen LogP contribution in [0.1, 0.15) is 39.5 Å². The van der Waals surface area contributed by atoms with Crippen molar-refractivity contribution in [1.29, 1.82) is 0 Å². The fraction of sp³-hybridized carbons (Fsp3) is 0.235. The van der Waals surface area contributed by atoms with E-state index in [4.69, 9.17) is 0 Å². The zero-order valence-corrected chi connectivity index (χ0v) is 22.5. The predicted molar refractivity (Wildman–Crippen MR) is 155 cm³/mol. The van der Waals surface area contributed by atoms with Gasteiger partial charge in [-0.05, 0) is 28.8 Å². The van der Waals surface area contributed by atoms with Crippen molar-refractivity contribution in [2.75, 3.05) is 32.7 Å². The zero-order chi connectivity index (χ0) is 27.7. The van der Waals surface area contributed by atoms with Crippen LogP contribution < -0.4 is 0 Å². The second-order valence-corrected chi connectivity index (χ2v) is 10.1. The summed E-state index contributed by atoms with van der Waals surface area (Å²) in [7, 11) is 0. The smallest absolute Gasteiger partial charge is 0.257 e. The van der Waals surface area contributed by atoms with Crippen molar-refractivity contribution >= 4 is 11.8 Å². The third-order valence-electron chi connectivity index (χ3n) is 7.47. The van der Waals surface area contributed by atoms with Gasteiger partial charge < -0.3 is 9.80 Å². The SMILES string of the molecule is O=C(CCN(Cc1ccccc1)C(=O)c1ccccc1F)N1CCN(C(c2ccccc2)c2ccccc2)CC1. The molecular formula is C34H34FN3O2. The second-order valence-electron chi connectivity index (χ2n) is 10.1. The van der Waals surface area contributed by atoms with Gasteiger partial charge in [0.1, 0.15) is 5.82 Å². The van der Waals surface area contributed by atoms with Crippen molar-refractivity contribution < 1.29 is 14.0 Å². The minimum atomic E-state index is -0.556. The molecule has 4 aromatic carbocycles. The maximum atomic E-state index is 14.4. The molecule has 1 aliphatic rings. The Hall–Kier alpha value is -4.29. The molecule has 0 saturated carbocycles. The van der Waals surface area contributed by atoms with E-state index in [9.17, 15) is 14.0 Å². The summed E-state index contributed by atoms with van der Waals surface area (Å²) in [6.07, 6.45) is 0.188. The van der Waals surface area contributed by atoms with Gasteiger partial charge >= 0.3 is 0 Å². The van der Waals surface area contributed by atoms with Crippen LogP contribution in [-0.4, -0.2) is 59.2 Å². The molecule has 5 nitrogen and oxygen atoms in total. The van der Waals surface area contributed by atoms with E-state index in [0.29, 0.717) is 19.6 Å². The molecule has 1 heterocycles. The van der Waals surface area contributed by atoms with E-state index in [2.05, 4.69) is 53.4 Å². The molecule has 0 spiro atoms. The number of amides is 2. The number of carbonyl (C=O) groups is 2. The van der Waals surface area contributed by atoms with Gasteiger partial charge in [-0.15, -0.1) is 0 Å². The lowest BCUT2D eigenvalue weighted by Crippen LogP contribution is -2.50. The largest absolute Gasteiger partial charge is 0.340 e. The highest BCUT2D eigenvalue weighted by Crippen LogP contribution is 2.29. The number of benzene rings is 4. The Kier molecular flexibility index (Phi) is 8.99. The molecular weight excluding hydrogens is 501 g/mol. The second kappa shape index (κ2) is 13.2. The van der Waals surface area contributed by atoms with Crippen LogP contribution in [-0.2, 0) is 11.3 Å². The van der Waals surface area contributed by atoms with E-state index in [1.54, 1.807) is 17.0 Å². The molecule has 0 radical (unpaired) electrons. The topological polar surface area (TPSA) is 43.9 Å². The normalized spacial score (nSPS) is 13.8. The molecule has 0 bridgehead atoms. The number of rotatable bonds is 9. The van der Waals surface area contributed by atoms with Crippen LogP contribution in [0.2, 0.25) is 0 Å². The summed E-state index contributed by atoms with van der Waals surface area (Å²) in [6, 6.07) is 36.6.